The molecule has 0 saturated heterocycles. The molecular formula is C56H48N2. The van der Waals surface area contributed by atoms with Gasteiger partial charge in [-0.05, 0) is 153 Å². The summed E-state index contributed by atoms with van der Waals surface area (Å²) in [6.07, 6.45) is 0. The van der Waals surface area contributed by atoms with Crippen LogP contribution in [0.15, 0.2) is 182 Å². The summed E-state index contributed by atoms with van der Waals surface area (Å²) in [5.41, 5.74) is 22.6. The van der Waals surface area contributed by atoms with Crippen LogP contribution >= 0.6 is 0 Å². The zero-order valence-electron chi connectivity index (χ0n) is 34.2. The van der Waals surface area contributed by atoms with Gasteiger partial charge >= 0.3 is 0 Å². The van der Waals surface area contributed by atoms with Crippen molar-refractivity contribution in [3.8, 4) is 33.4 Å². The smallest absolute Gasteiger partial charge is 0.0468 e. The number of nitrogens with zero attached hydrogens (tertiary/aromatic N) is 2. The van der Waals surface area contributed by atoms with Gasteiger partial charge in [0.05, 0.1) is 0 Å². The van der Waals surface area contributed by atoms with Gasteiger partial charge in [0.25, 0.3) is 0 Å². The van der Waals surface area contributed by atoms with Crippen LogP contribution in [0.1, 0.15) is 61.1 Å². The molecule has 0 aliphatic heterocycles. The van der Waals surface area contributed by atoms with Crippen molar-refractivity contribution in [2.45, 2.75) is 52.4 Å². The van der Waals surface area contributed by atoms with Crippen LogP contribution in [0.25, 0.3) is 33.4 Å². The SMILES string of the molecule is Cc1cc(N(c2ccccc2)c2ccccc2)ccc1-c1ccc(N(c2ccc3c(c2)-c2ccccc2C3(C)C)c2ccc3c(c2)-c2ccccc2C3(C)C)cc1C. The van der Waals surface area contributed by atoms with Crippen LogP contribution in [0.4, 0.5) is 34.1 Å². The standard InChI is InChI=1S/C56H48N2/c1-37-33-41(57(39-17-9-7-10-18-39)40-19-11-8-12-20-40)25-29-45(37)46-30-26-42(34-38(46)2)58(43-27-31-53-49(35-43)47-21-13-15-23-51(47)55(53,3)4)44-28-32-54-50(36-44)48-22-14-16-24-52(48)56(54,5)6/h7-36H,1-6H3. The molecule has 2 aliphatic carbocycles. The van der Waals surface area contributed by atoms with Crippen molar-refractivity contribution >= 4 is 34.1 Å². The van der Waals surface area contributed by atoms with E-state index in [1.54, 1.807) is 0 Å². The van der Waals surface area contributed by atoms with Crippen LogP contribution < -0.4 is 9.80 Å². The molecule has 10 rings (SSSR count). The van der Waals surface area contributed by atoms with Crippen molar-refractivity contribution in [3.05, 3.63) is 215 Å². The Balaban J connectivity index is 1.09. The van der Waals surface area contributed by atoms with Crippen molar-refractivity contribution in [1.82, 2.24) is 0 Å². The lowest BCUT2D eigenvalue weighted by atomic mass is 9.82. The first-order valence-electron chi connectivity index (χ1n) is 20.5. The number of hydrogen-bond donors (Lipinski definition) is 0. The van der Waals surface area contributed by atoms with Gasteiger partial charge in [-0.3, -0.25) is 0 Å². The van der Waals surface area contributed by atoms with Crippen LogP contribution in [-0.4, -0.2) is 0 Å². The Morgan fingerprint density at radius 3 is 1.02 bits per heavy atom. The molecule has 282 valence electrons. The minimum Gasteiger partial charge on any atom is -0.310 e. The minimum absolute atomic E-state index is 0.0526. The zero-order chi connectivity index (χ0) is 39.8. The van der Waals surface area contributed by atoms with Crippen LogP contribution in [-0.2, 0) is 10.8 Å². The fourth-order valence-corrected chi connectivity index (χ4v) is 9.92. The summed E-state index contributed by atoms with van der Waals surface area (Å²) in [6, 6.07) is 67.2. The summed E-state index contributed by atoms with van der Waals surface area (Å²) < 4.78 is 0. The Kier molecular flexibility index (Phi) is 8.32. The molecule has 0 spiro atoms. The monoisotopic (exact) mass is 748 g/mol. The van der Waals surface area contributed by atoms with E-state index in [1.807, 2.05) is 0 Å². The van der Waals surface area contributed by atoms with E-state index in [-0.39, 0.29) is 10.8 Å². The molecule has 2 aliphatic rings. The lowest BCUT2D eigenvalue weighted by molar-refractivity contribution is 0.660. The molecule has 8 aromatic rings. The highest BCUT2D eigenvalue weighted by Gasteiger charge is 2.37. The van der Waals surface area contributed by atoms with Gasteiger partial charge in [-0.1, -0.05) is 137 Å². The molecule has 0 N–H and O–H groups in total. The summed E-state index contributed by atoms with van der Waals surface area (Å²) in [5.74, 6) is 0. The molecule has 58 heavy (non-hydrogen) atoms. The largest absolute Gasteiger partial charge is 0.310 e. The third kappa shape index (κ3) is 5.62. The van der Waals surface area contributed by atoms with E-state index in [9.17, 15) is 0 Å². The molecule has 0 heterocycles. The number of para-hydroxylation sites is 2. The average molecular weight is 749 g/mol. The molecule has 0 unspecified atom stereocenters. The summed E-state index contributed by atoms with van der Waals surface area (Å²) in [7, 11) is 0. The fourth-order valence-electron chi connectivity index (χ4n) is 9.92. The molecule has 0 radical (unpaired) electrons. The third-order valence-corrected chi connectivity index (χ3v) is 12.9. The van der Waals surface area contributed by atoms with E-state index in [2.05, 4.69) is 233 Å². The van der Waals surface area contributed by atoms with Crippen molar-refractivity contribution in [1.29, 1.82) is 0 Å². The van der Waals surface area contributed by atoms with Crippen LogP contribution in [0.3, 0.4) is 0 Å². The first-order chi connectivity index (χ1) is 28.1. The number of rotatable bonds is 7. The molecule has 0 bridgehead atoms. The quantitative estimate of drug-likeness (QED) is 0.160. The normalized spacial score (nSPS) is 14.0. The molecule has 8 aromatic carbocycles. The van der Waals surface area contributed by atoms with Gasteiger partial charge in [0, 0.05) is 45.0 Å². The fraction of sp³-hybridized carbons (Fsp3) is 0.143. The molecule has 0 amide bonds. The van der Waals surface area contributed by atoms with E-state index in [0.29, 0.717) is 0 Å². The van der Waals surface area contributed by atoms with Gasteiger partial charge in [-0.2, -0.15) is 0 Å². The predicted octanol–water partition coefficient (Wildman–Crippen LogP) is 15.5. The van der Waals surface area contributed by atoms with Gasteiger partial charge in [0.1, 0.15) is 0 Å². The summed E-state index contributed by atoms with van der Waals surface area (Å²) in [4.78, 5) is 4.80. The van der Waals surface area contributed by atoms with Gasteiger partial charge in [0.15, 0.2) is 0 Å². The third-order valence-electron chi connectivity index (χ3n) is 12.9. The lowest BCUT2D eigenvalue weighted by Gasteiger charge is -2.29. The predicted molar refractivity (Wildman–Crippen MR) is 246 cm³/mol. The van der Waals surface area contributed by atoms with Crippen molar-refractivity contribution in [2.24, 2.45) is 0 Å². The first kappa shape index (κ1) is 35.8. The molecule has 2 nitrogen and oxygen atoms in total. The van der Waals surface area contributed by atoms with Crippen molar-refractivity contribution < 1.29 is 0 Å². The second kappa shape index (κ2) is 13.5. The number of fused-ring (bicyclic) bond motifs is 6. The van der Waals surface area contributed by atoms with E-state index in [0.717, 1.165) is 34.1 Å². The lowest BCUT2D eigenvalue weighted by Crippen LogP contribution is -2.16. The molecule has 0 atom stereocenters. The van der Waals surface area contributed by atoms with Gasteiger partial charge in [-0.25, -0.2) is 0 Å². The van der Waals surface area contributed by atoms with Crippen molar-refractivity contribution in [2.75, 3.05) is 9.80 Å². The van der Waals surface area contributed by atoms with Gasteiger partial charge in [-0.15, -0.1) is 0 Å². The summed E-state index contributed by atoms with van der Waals surface area (Å²) in [6.45, 7) is 13.9. The van der Waals surface area contributed by atoms with Gasteiger partial charge in [0.2, 0.25) is 0 Å². The molecule has 0 saturated carbocycles. The Labute approximate surface area is 343 Å². The maximum Gasteiger partial charge on any atom is 0.0468 e. The first-order valence-corrected chi connectivity index (χ1v) is 20.5. The second-order valence-electron chi connectivity index (χ2n) is 17.1. The summed E-state index contributed by atoms with van der Waals surface area (Å²) >= 11 is 0. The average Bonchev–Trinajstić information content (AvgIpc) is 3.61. The molecular weight excluding hydrogens is 701 g/mol. The Morgan fingerprint density at radius 1 is 0.276 bits per heavy atom. The van der Waals surface area contributed by atoms with Crippen LogP contribution in [0.2, 0.25) is 0 Å². The Hall–Kier alpha value is -6.64. The maximum absolute atomic E-state index is 2.47. The number of hydrogen-bond acceptors (Lipinski definition) is 2. The Morgan fingerprint density at radius 2 is 0.603 bits per heavy atom. The highest BCUT2D eigenvalue weighted by Crippen LogP contribution is 2.53. The van der Waals surface area contributed by atoms with Crippen LogP contribution in [0, 0.1) is 13.8 Å². The van der Waals surface area contributed by atoms with E-state index in [4.69, 9.17) is 0 Å². The zero-order valence-corrected chi connectivity index (χ0v) is 34.2. The minimum atomic E-state index is -0.0526. The van der Waals surface area contributed by atoms with Crippen LogP contribution in [0.5, 0.6) is 0 Å². The number of aryl methyl sites for hydroxylation is 2. The molecule has 0 aromatic heterocycles. The number of anilines is 6. The summed E-state index contributed by atoms with van der Waals surface area (Å²) in [5, 5.41) is 0. The van der Waals surface area contributed by atoms with Crippen molar-refractivity contribution in [3.63, 3.8) is 0 Å². The number of benzene rings is 8. The Bertz CT molecular complexity index is 2720. The van der Waals surface area contributed by atoms with Gasteiger partial charge < -0.3 is 9.80 Å². The van der Waals surface area contributed by atoms with E-state index >= 15 is 0 Å². The van der Waals surface area contributed by atoms with E-state index < -0.39 is 0 Å². The highest BCUT2D eigenvalue weighted by molar-refractivity contribution is 5.90. The molecule has 0 fully saturated rings. The highest BCUT2D eigenvalue weighted by atomic mass is 15.1. The maximum atomic E-state index is 2.47. The van der Waals surface area contributed by atoms with E-state index in [1.165, 1.54) is 66.8 Å². The topological polar surface area (TPSA) is 6.48 Å². The second-order valence-corrected chi connectivity index (χ2v) is 17.1. The molecule has 2 heteroatoms.